The second kappa shape index (κ2) is 6.46. The number of hydrogen-bond acceptors (Lipinski definition) is 5. The minimum absolute atomic E-state index is 0.188. The first-order valence-electron chi connectivity index (χ1n) is 7.65. The molecule has 7 heteroatoms. The van der Waals surface area contributed by atoms with Gasteiger partial charge in [-0.2, -0.15) is 0 Å². The average Bonchev–Trinajstić information content (AvgIpc) is 2.60. The fourth-order valence-electron chi connectivity index (χ4n) is 2.63. The van der Waals surface area contributed by atoms with Gasteiger partial charge in [0, 0.05) is 10.4 Å². The van der Waals surface area contributed by atoms with Crippen LogP contribution in [0.1, 0.15) is 11.6 Å². The number of aromatic amines is 1. The van der Waals surface area contributed by atoms with E-state index in [1.54, 1.807) is 18.2 Å². The van der Waals surface area contributed by atoms with Crippen LogP contribution in [0.4, 0.5) is 0 Å². The van der Waals surface area contributed by atoms with Crippen molar-refractivity contribution in [3.8, 4) is 0 Å². The van der Waals surface area contributed by atoms with Gasteiger partial charge in [0.1, 0.15) is 16.7 Å². The van der Waals surface area contributed by atoms with Crippen LogP contribution in [0, 0.1) is 6.92 Å². The van der Waals surface area contributed by atoms with Crippen LogP contribution in [0.15, 0.2) is 52.3 Å². The van der Waals surface area contributed by atoms with E-state index in [1.165, 1.54) is 11.8 Å². The molecule has 0 atom stereocenters. The van der Waals surface area contributed by atoms with Crippen molar-refractivity contribution in [2.75, 3.05) is 0 Å². The molecule has 0 saturated carbocycles. The number of rotatable bonds is 3. The molecule has 124 valence electrons. The maximum absolute atomic E-state index is 12.2. The maximum atomic E-state index is 12.2. The highest BCUT2D eigenvalue weighted by molar-refractivity contribution is 7.98. The number of hydrogen-bond donors (Lipinski definition) is 1. The molecule has 0 saturated heterocycles. The highest BCUT2D eigenvalue weighted by atomic mass is 35.5. The number of benzene rings is 2. The maximum Gasteiger partial charge on any atom is 0.258 e. The Hall–Kier alpha value is -2.44. The van der Waals surface area contributed by atoms with E-state index in [1.807, 2.05) is 31.2 Å². The average molecular weight is 369 g/mol. The first-order chi connectivity index (χ1) is 12.1. The molecule has 2 heterocycles. The number of halogens is 1. The molecule has 1 N–H and O–H groups in total. The molecule has 5 nitrogen and oxygen atoms in total. The van der Waals surface area contributed by atoms with Gasteiger partial charge in [0.2, 0.25) is 0 Å². The van der Waals surface area contributed by atoms with E-state index in [9.17, 15) is 4.79 Å². The largest absolute Gasteiger partial charge is 0.309 e. The number of H-pyrrole nitrogens is 1. The van der Waals surface area contributed by atoms with Crippen molar-refractivity contribution < 1.29 is 0 Å². The van der Waals surface area contributed by atoms with E-state index in [-0.39, 0.29) is 5.56 Å². The molecule has 4 aromatic rings. The molecule has 25 heavy (non-hydrogen) atoms. The van der Waals surface area contributed by atoms with E-state index in [0.29, 0.717) is 27.5 Å². The minimum Gasteiger partial charge on any atom is -0.309 e. The van der Waals surface area contributed by atoms with Gasteiger partial charge in [-0.3, -0.25) is 4.79 Å². The third-order valence-corrected chi connectivity index (χ3v) is 4.98. The van der Waals surface area contributed by atoms with E-state index in [4.69, 9.17) is 11.6 Å². The molecule has 0 spiro atoms. The lowest BCUT2D eigenvalue weighted by molar-refractivity contribution is 0.999. The third-order valence-electron chi connectivity index (χ3n) is 3.74. The Morgan fingerprint density at radius 2 is 1.84 bits per heavy atom. The lowest BCUT2D eigenvalue weighted by Crippen LogP contribution is -2.11. The van der Waals surface area contributed by atoms with Gasteiger partial charge in [0.15, 0.2) is 0 Å². The summed E-state index contributed by atoms with van der Waals surface area (Å²) in [5, 5.41) is 2.88. The molecule has 0 amide bonds. The summed E-state index contributed by atoms with van der Waals surface area (Å²) in [6.07, 6.45) is 0. The molecule has 2 aromatic carbocycles. The summed E-state index contributed by atoms with van der Waals surface area (Å²) in [6, 6.07) is 13.0. The zero-order valence-electron chi connectivity index (χ0n) is 13.3. The fourth-order valence-corrected chi connectivity index (χ4v) is 3.74. The van der Waals surface area contributed by atoms with E-state index in [2.05, 4.69) is 19.9 Å². The predicted molar refractivity (Wildman–Crippen MR) is 101 cm³/mol. The SMILES string of the molecule is Cc1nc(SCc2nc3ccc(Cl)cc3c(=O)[nH]2)c2ccccc2n1. The van der Waals surface area contributed by atoms with Crippen molar-refractivity contribution in [3.05, 3.63) is 69.5 Å². The van der Waals surface area contributed by atoms with Gasteiger partial charge in [0.05, 0.1) is 22.2 Å². The Kier molecular flexibility index (Phi) is 4.15. The summed E-state index contributed by atoms with van der Waals surface area (Å²) in [5.41, 5.74) is 1.35. The Bertz CT molecular complexity index is 1160. The molecule has 2 aromatic heterocycles. The second-order valence-electron chi connectivity index (χ2n) is 5.56. The van der Waals surface area contributed by atoms with Crippen LogP contribution >= 0.6 is 23.4 Å². The monoisotopic (exact) mass is 368 g/mol. The number of nitrogens with one attached hydrogen (secondary N) is 1. The number of fused-ring (bicyclic) bond motifs is 2. The summed E-state index contributed by atoms with van der Waals surface area (Å²) in [4.78, 5) is 28.5. The van der Waals surface area contributed by atoms with E-state index >= 15 is 0 Å². The molecule has 0 aliphatic heterocycles. The topological polar surface area (TPSA) is 71.5 Å². The first-order valence-corrected chi connectivity index (χ1v) is 9.01. The Morgan fingerprint density at radius 3 is 2.72 bits per heavy atom. The van der Waals surface area contributed by atoms with Crippen LogP contribution in [-0.4, -0.2) is 19.9 Å². The van der Waals surface area contributed by atoms with Gasteiger partial charge >= 0.3 is 0 Å². The Morgan fingerprint density at radius 1 is 1.04 bits per heavy atom. The van der Waals surface area contributed by atoms with Crippen molar-refractivity contribution >= 4 is 45.2 Å². The van der Waals surface area contributed by atoms with Crippen molar-refractivity contribution in [2.45, 2.75) is 17.7 Å². The first kappa shape index (κ1) is 16.1. The molecule has 0 bridgehead atoms. The van der Waals surface area contributed by atoms with Crippen LogP contribution in [0.25, 0.3) is 21.8 Å². The van der Waals surface area contributed by atoms with Crippen molar-refractivity contribution in [1.82, 2.24) is 19.9 Å². The van der Waals surface area contributed by atoms with E-state index in [0.717, 1.165) is 21.8 Å². The summed E-state index contributed by atoms with van der Waals surface area (Å²) >= 11 is 7.47. The van der Waals surface area contributed by atoms with Crippen molar-refractivity contribution in [2.24, 2.45) is 0 Å². The highest BCUT2D eigenvalue weighted by Crippen LogP contribution is 2.27. The van der Waals surface area contributed by atoms with Crippen LogP contribution < -0.4 is 5.56 Å². The molecule has 0 fully saturated rings. The number of nitrogens with zero attached hydrogens (tertiary/aromatic N) is 3. The van der Waals surface area contributed by atoms with Crippen LogP contribution in [0.5, 0.6) is 0 Å². The fraction of sp³-hybridized carbons (Fsp3) is 0.111. The minimum atomic E-state index is -0.188. The second-order valence-corrected chi connectivity index (χ2v) is 6.96. The molecule has 0 unspecified atom stereocenters. The van der Waals surface area contributed by atoms with Crippen LogP contribution in [-0.2, 0) is 5.75 Å². The number of thioether (sulfide) groups is 1. The number of aromatic nitrogens is 4. The van der Waals surface area contributed by atoms with E-state index < -0.39 is 0 Å². The Labute approximate surface area is 152 Å². The van der Waals surface area contributed by atoms with Gasteiger partial charge in [-0.25, -0.2) is 15.0 Å². The summed E-state index contributed by atoms with van der Waals surface area (Å²) in [7, 11) is 0. The standard InChI is InChI=1S/C18H13ClN4OS/c1-10-20-14-5-3-2-4-12(14)18(21-10)25-9-16-22-15-7-6-11(19)8-13(15)17(24)23-16/h2-8H,9H2,1H3,(H,22,23,24). The highest BCUT2D eigenvalue weighted by Gasteiger charge is 2.09. The number of para-hydroxylation sites is 1. The predicted octanol–water partition coefficient (Wildman–Crippen LogP) is 4.12. The molecular weight excluding hydrogens is 356 g/mol. The molecule has 0 radical (unpaired) electrons. The van der Waals surface area contributed by atoms with Gasteiger partial charge in [0.25, 0.3) is 5.56 Å². The summed E-state index contributed by atoms with van der Waals surface area (Å²) < 4.78 is 0. The van der Waals surface area contributed by atoms with Gasteiger partial charge in [-0.1, -0.05) is 41.6 Å². The third kappa shape index (κ3) is 3.23. The molecule has 0 aliphatic carbocycles. The number of aryl methyl sites for hydroxylation is 1. The van der Waals surface area contributed by atoms with Crippen molar-refractivity contribution in [3.63, 3.8) is 0 Å². The van der Waals surface area contributed by atoms with Crippen molar-refractivity contribution in [1.29, 1.82) is 0 Å². The lowest BCUT2D eigenvalue weighted by Gasteiger charge is -2.07. The molecule has 4 rings (SSSR count). The van der Waals surface area contributed by atoms with Crippen LogP contribution in [0.2, 0.25) is 5.02 Å². The summed E-state index contributed by atoms with van der Waals surface area (Å²) in [6.45, 7) is 1.87. The molecule has 0 aliphatic rings. The van der Waals surface area contributed by atoms with Crippen LogP contribution in [0.3, 0.4) is 0 Å². The zero-order chi connectivity index (χ0) is 17.4. The lowest BCUT2D eigenvalue weighted by atomic mass is 10.2. The van der Waals surface area contributed by atoms with Gasteiger partial charge in [-0.15, -0.1) is 0 Å². The van der Waals surface area contributed by atoms with Gasteiger partial charge in [-0.05, 0) is 31.2 Å². The summed E-state index contributed by atoms with van der Waals surface area (Å²) in [5.74, 6) is 1.83. The Balaban J connectivity index is 1.69. The smallest absolute Gasteiger partial charge is 0.258 e. The molecular formula is C18H13ClN4OS. The zero-order valence-corrected chi connectivity index (χ0v) is 14.9. The van der Waals surface area contributed by atoms with Gasteiger partial charge < -0.3 is 4.98 Å². The quantitative estimate of drug-likeness (QED) is 0.435. The normalized spacial score (nSPS) is 11.3.